The fourth-order valence-corrected chi connectivity index (χ4v) is 3.13. The zero-order valence-corrected chi connectivity index (χ0v) is 12.0. The van der Waals surface area contributed by atoms with Crippen molar-refractivity contribution in [2.45, 2.75) is 31.8 Å². The highest BCUT2D eigenvalue weighted by molar-refractivity contribution is 6.00. The number of carboxylic acid groups (broad SMARTS) is 1. The van der Waals surface area contributed by atoms with Gasteiger partial charge in [-0.1, -0.05) is 12.5 Å². The molecule has 1 aromatic carbocycles. The summed E-state index contributed by atoms with van der Waals surface area (Å²) < 4.78 is 1.66. The number of benzene rings is 1. The molecule has 3 rings (SSSR count). The predicted octanol–water partition coefficient (Wildman–Crippen LogP) is 1.51. The minimum absolute atomic E-state index is 0.139. The Labute approximate surface area is 122 Å². The Morgan fingerprint density at radius 2 is 2.24 bits per heavy atom. The van der Waals surface area contributed by atoms with Crippen LogP contribution in [-0.4, -0.2) is 45.2 Å². The Hall–Kier alpha value is -2.08. The quantitative estimate of drug-likeness (QED) is 0.898. The first-order valence-corrected chi connectivity index (χ1v) is 7.23. The number of aromatic carboxylic acids is 1. The molecule has 6 heteroatoms. The molecule has 1 fully saturated rings. The Kier molecular flexibility index (Phi) is 3.55. The van der Waals surface area contributed by atoms with Gasteiger partial charge in [-0.25, -0.2) is 9.59 Å². The van der Waals surface area contributed by atoms with Gasteiger partial charge in [0.2, 0.25) is 0 Å². The second-order valence-corrected chi connectivity index (χ2v) is 5.68. The first kappa shape index (κ1) is 13.9. The lowest BCUT2D eigenvalue weighted by Gasteiger charge is -2.32. The number of rotatable bonds is 3. The van der Waals surface area contributed by atoms with Crippen LogP contribution in [0.25, 0.3) is 11.0 Å². The minimum Gasteiger partial charge on any atom is -0.478 e. The summed E-state index contributed by atoms with van der Waals surface area (Å²) in [6.45, 7) is 1.64. The molecular formula is C15H19N3O3. The highest BCUT2D eigenvalue weighted by Crippen LogP contribution is 2.20. The van der Waals surface area contributed by atoms with Crippen molar-refractivity contribution in [2.75, 3.05) is 13.6 Å². The maximum atomic E-state index is 12.2. The summed E-state index contributed by atoms with van der Waals surface area (Å²) in [5, 5.41) is 9.21. The van der Waals surface area contributed by atoms with Gasteiger partial charge in [0.05, 0.1) is 16.6 Å². The van der Waals surface area contributed by atoms with Crippen molar-refractivity contribution in [3.8, 4) is 0 Å². The summed E-state index contributed by atoms with van der Waals surface area (Å²) in [5.41, 5.74) is 0.977. The van der Waals surface area contributed by atoms with Crippen LogP contribution in [0.3, 0.4) is 0 Å². The molecule has 2 heterocycles. The fourth-order valence-electron chi connectivity index (χ4n) is 3.13. The smallest absolute Gasteiger partial charge is 0.337 e. The van der Waals surface area contributed by atoms with Crippen LogP contribution in [0.2, 0.25) is 0 Å². The van der Waals surface area contributed by atoms with Gasteiger partial charge in [0.15, 0.2) is 0 Å². The largest absolute Gasteiger partial charge is 0.478 e. The van der Waals surface area contributed by atoms with Crippen molar-refractivity contribution in [1.29, 1.82) is 0 Å². The Morgan fingerprint density at radius 3 is 2.95 bits per heavy atom. The van der Waals surface area contributed by atoms with Gasteiger partial charge in [0.25, 0.3) is 0 Å². The number of H-pyrrole nitrogens is 1. The van der Waals surface area contributed by atoms with Gasteiger partial charge in [-0.2, -0.15) is 0 Å². The van der Waals surface area contributed by atoms with Crippen LogP contribution < -0.4 is 5.69 Å². The lowest BCUT2D eigenvalue weighted by molar-refractivity contribution is 0.0699. The molecule has 6 nitrogen and oxygen atoms in total. The Balaban J connectivity index is 2.03. The number of nitrogens with zero attached hydrogens (tertiary/aromatic N) is 2. The number of aromatic amines is 1. The molecule has 0 aliphatic carbocycles. The van der Waals surface area contributed by atoms with Gasteiger partial charge in [-0.15, -0.1) is 0 Å². The van der Waals surface area contributed by atoms with Crippen molar-refractivity contribution in [2.24, 2.45) is 0 Å². The van der Waals surface area contributed by atoms with Gasteiger partial charge < -0.3 is 15.0 Å². The normalized spacial score (nSPS) is 20.0. The van der Waals surface area contributed by atoms with E-state index in [2.05, 4.69) is 16.9 Å². The maximum absolute atomic E-state index is 12.2. The average Bonchev–Trinajstić information content (AvgIpc) is 2.77. The van der Waals surface area contributed by atoms with Gasteiger partial charge >= 0.3 is 11.7 Å². The van der Waals surface area contributed by atoms with Crippen LogP contribution >= 0.6 is 0 Å². The number of hydrogen-bond acceptors (Lipinski definition) is 3. The molecule has 0 radical (unpaired) electrons. The monoisotopic (exact) mass is 289 g/mol. The molecule has 0 spiro atoms. The Morgan fingerprint density at radius 1 is 1.43 bits per heavy atom. The van der Waals surface area contributed by atoms with E-state index < -0.39 is 5.97 Å². The topological polar surface area (TPSA) is 78.3 Å². The number of nitrogens with one attached hydrogen (secondary N) is 1. The number of para-hydroxylation sites is 1. The molecule has 1 aliphatic rings. The second-order valence-electron chi connectivity index (χ2n) is 5.68. The zero-order valence-electron chi connectivity index (χ0n) is 12.0. The molecule has 2 aromatic rings. The predicted molar refractivity (Wildman–Crippen MR) is 79.8 cm³/mol. The number of aromatic nitrogens is 2. The van der Waals surface area contributed by atoms with Crippen LogP contribution in [0.1, 0.15) is 29.6 Å². The number of fused-ring (bicyclic) bond motifs is 1. The molecule has 1 aliphatic heterocycles. The molecule has 2 N–H and O–H groups in total. The number of likely N-dealkylation sites (tertiary alicyclic amines) is 1. The highest BCUT2D eigenvalue weighted by Gasteiger charge is 2.22. The van der Waals surface area contributed by atoms with Gasteiger partial charge in [0, 0.05) is 12.6 Å². The molecule has 1 aromatic heterocycles. The maximum Gasteiger partial charge on any atom is 0.337 e. The molecule has 0 amide bonds. The lowest BCUT2D eigenvalue weighted by atomic mass is 10.0. The first-order valence-electron chi connectivity index (χ1n) is 7.23. The van der Waals surface area contributed by atoms with E-state index in [1.54, 1.807) is 16.7 Å². The lowest BCUT2D eigenvalue weighted by Crippen LogP contribution is -2.40. The minimum atomic E-state index is -1.02. The van der Waals surface area contributed by atoms with E-state index in [0.29, 0.717) is 23.6 Å². The summed E-state index contributed by atoms with van der Waals surface area (Å²) in [4.78, 5) is 28.4. The third-order valence-corrected chi connectivity index (χ3v) is 4.36. The van der Waals surface area contributed by atoms with E-state index >= 15 is 0 Å². The van der Waals surface area contributed by atoms with E-state index in [-0.39, 0.29) is 11.3 Å². The van der Waals surface area contributed by atoms with Crippen molar-refractivity contribution < 1.29 is 9.90 Å². The summed E-state index contributed by atoms with van der Waals surface area (Å²) in [6, 6.07) is 5.31. The molecule has 1 unspecified atom stereocenters. The van der Waals surface area contributed by atoms with Crippen LogP contribution in [0, 0.1) is 0 Å². The zero-order chi connectivity index (χ0) is 15.0. The van der Waals surface area contributed by atoms with Crippen molar-refractivity contribution >= 4 is 17.0 Å². The Bertz CT molecular complexity index is 731. The molecule has 21 heavy (non-hydrogen) atoms. The molecule has 1 saturated heterocycles. The number of likely N-dealkylation sites (N-methyl/N-ethyl adjacent to an activating group) is 1. The van der Waals surface area contributed by atoms with E-state index in [1.807, 2.05) is 0 Å². The van der Waals surface area contributed by atoms with E-state index in [9.17, 15) is 14.7 Å². The van der Waals surface area contributed by atoms with Gasteiger partial charge in [-0.3, -0.25) is 4.57 Å². The summed E-state index contributed by atoms with van der Waals surface area (Å²) in [6.07, 6.45) is 3.43. The van der Waals surface area contributed by atoms with Crippen LogP contribution in [0.15, 0.2) is 23.0 Å². The molecule has 0 bridgehead atoms. The third-order valence-electron chi connectivity index (χ3n) is 4.36. The highest BCUT2D eigenvalue weighted by atomic mass is 16.4. The van der Waals surface area contributed by atoms with Crippen LogP contribution in [0.5, 0.6) is 0 Å². The van der Waals surface area contributed by atoms with Crippen molar-refractivity contribution in [1.82, 2.24) is 14.5 Å². The molecular weight excluding hydrogens is 270 g/mol. The number of piperidine rings is 1. The number of carbonyl (C=O) groups is 1. The van der Waals surface area contributed by atoms with Crippen LogP contribution in [0.4, 0.5) is 0 Å². The number of imidazole rings is 1. The SMILES string of the molecule is CN1CCCCC1Cn1c(=O)[nH]c2c(C(=O)O)cccc21. The van der Waals surface area contributed by atoms with Crippen molar-refractivity contribution in [3.05, 3.63) is 34.2 Å². The van der Waals surface area contributed by atoms with Crippen LogP contribution in [-0.2, 0) is 6.54 Å². The molecule has 0 saturated carbocycles. The van der Waals surface area contributed by atoms with Gasteiger partial charge in [-0.05, 0) is 38.6 Å². The fraction of sp³-hybridized carbons (Fsp3) is 0.467. The summed E-state index contributed by atoms with van der Waals surface area (Å²) in [5.74, 6) is -1.02. The first-order chi connectivity index (χ1) is 10.1. The van der Waals surface area contributed by atoms with E-state index in [0.717, 1.165) is 13.0 Å². The molecule has 112 valence electrons. The summed E-state index contributed by atoms with van der Waals surface area (Å²) in [7, 11) is 2.08. The number of carboxylic acids is 1. The molecule has 1 atom stereocenters. The van der Waals surface area contributed by atoms with E-state index in [4.69, 9.17) is 0 Å². The summed E-state index contributed by atoms with van der Waals surface area (Å²) >= 11 is 0. The second kappa shape index (κ2) is 5.37. The van der Waals surface area contributed by atoms with E-state index in [1.165, 1.54) is 18.9 Å². The average molecular weight is 289 g/mol. The number of hydrogen-bond donors (Lipinski definition) is 2. The third kappa shape index (κ3) is 2.47. The van der Waals surface area contributed by atoms with Crippen molar-refractivity contribution in [3.63, 3.8) is 0 Å². The van der Waals surface area contributed by atoms with Gasteiger partial charge in [0.1, 0.15) is 0 Å². The standard InChI is InChI=1S/C15H19N3O3/c1-17-8-3-2-5-10(17)9-18-12-7-4-6-11(14(19)20)13(12)16-15(18)21/h4,6-7,10H,2-3,5,8-9H2,1H3,(H,16,21)(H,19,20).